The first kappa shape index (κ1) is 20.4. The molecule has 0 radical (unpaired) electrons. The van der Waals surface area contributed by atoms with Crippen molar-refractivity contribution in [3.05, 3.63) is 65.2 Å². The largest absolute Gasteiger partial charge is 0.497 e. The highest BCUT2D eigenvalue weighted by atomic mass is 19.1. The summed E-state index contributed by atoms with van der Waals surface area (Å²) in [6, 6.07) is 11.5. The Morgan fingerprint density at radius 1 is 1.17 bits per heavy atom. The number of fused-ring (bicyclic) bond motifs is 1. The van der Waals surface area contributed by atoms with Gasteiger partial charge in [-0.05, 0) is 56.2 Å². The van der Waals surface area contributed by atoms with Gasteiger partial charge in [-0.1, -0.05) is 12.1 Å². The fourth-order valence-corrected chi connectivity index (χ4v) is 2.92. The summed E-state index contributed by atoms with van der Waals surface area (Å²) in [5.41, 5.74) is 1.89. The lowest BCUT2D eigenvalue weighted by Gasteiger charge is -2.13. The summed E-state index contributed by atoms with van der Waals surface area (Å²) < 4.78 is 29.2. The van der Waals surface area contributed by atoms with E-state index in [0.29, 0.717) is 29.5 Å². The lowest BCUT2D eigenvalue weighted by molar-refractivity contribution is -0.129. The summed E-state index contributed by atoms with van der Waals surface area (Å²) in [6.07, 6.45) is -0.368. The monoisotopic (exact) mass is 399 g/mol. The Morgan fingerprint density at radius 3 is 2.59 bits per heavy atom. The van der Waals surface area contributed by atoms with Gasteiger partial charge in [-0.2, -0.15) is 0 Å². The van der Waals surface area contributed by atoms with Crippen molar-refractivity contribution >= 4 is 22.8 Å². The summed E-state index contributed by atoms with van der Waals surface area (Å²) in [4.78, 5) is 24.6. The maximum Gasteiger partial charge on any atom is 0.375 e. The van der Waals surface area contributed by atoms with E-state index in [2.05, 4.69) is 5.32 Å². The minimum Gasteiger partial charge on any atom is -0.497 e. The van der Waals surface area contributed by atoms with E-state index in [4.69, 9.17) is 13.9 Å². The second-order valence-electron chi connectivity index (χ2n) is 6.63. The summed E-state index contributed by atoms with van der Waals surface area (Å²) in [7, 11) is 1.60. The average molecular weight is 399 g/mol. The molecular formula is C22H22FNO5. The molecule has 1 amide bonds. The molecule has 1 heterocycles. The van der Waals surface area contributed by atoms with E-state index >= 15 is 0 Å². The van der Waals surface area contributed by atoms with Crippen LogP contribution in [0.25, 0.3) is 11.0 Å². The first-order valence-corrected chi connectivity index (χ1v) is 9.19. The Hall–Kier alpha value is -3.35. The number of rotatable bonds is 7. The maximum absolute atomic E-state index is 13.4. The number of carbonyl (C=O) groups is 2. The number of esters is 1. The van der Waals surface area contributed by atoms with E-state index in [9.17, 15) is 14.0 Å². The zero-order valence-electron chi connectivity index (χ0n) is 16.5. The number of hydrogen-bond acceptors (Lipinski definition) is 5. The molecule has 1 N–H and O–H groups in total. The van der Waals surface area contributed by atoms with Gasteiger partial charge in [0, 0.05) is 17.5 Å². The molecule has 2 aromatic carbocycles. The van der Waals surface area contributed by atoms with Gasteiger partial charge < -0.3 is 19.2 Å². The number of benzene rings is 2. The number of carbonyl (C=O) groups excluding carboxylic acids is 2. The molecule has 0 aliphatic carbocycles. The van der Waals surface area contributed by atoms with Crippen LogP contribution in [0.5, 0.6) is 5.75 Å². The first-order chi connectivity index (χ1) is 13.9. The molecule has 1 atom stereocenters. The normalized spacial score (nSPS) is 11.9. The second-order valence-corrected chi connectivity index (χ2v) is 6.63. The van der Waals surface area contributed by atoms with Crippen molar-refractivity contribution in [2.24, 2.45) is 0 Å². The van der Waals surface area contributed by atoms with Crippen LogP contribution in [0.3, 0.4) is 0 Å². The Bertz CT molecular complexity index is 1030. The molecule has 0 spiro atoms. The molecule has 6 nitrogen and oxygen atoms in total. The van der Waals surface area contributed by atoms with Crippen molar-refractivity contribution in [2.45, 2.75) is 26.4 Å². The average Bonchev–Trinajstić information content (AvgIpc) is 3.04. The van der Waals surface area contributed by atoms with E-state index in [-0.39, 0.29) is 5.76 Å². The van der Waals surface area contributed by atoms with Crippen molar-refractivity contribution in [1.82, 2.24) is 5.32 Å². The van der Waals surface area contributed by atoms with Gasteiger partial charge in [0.15, 0.2) is 6.10 Å². The summed E-state index contributed by atoms with van der Waals surface area (Å²) in [6.45, 7) is 3.52. The van der Waals surface area contributed by atoms with Gasteiger partial charge in [0.2, 0.25) is 5.76 Å². The lowest BCUT2D eigenvalue weighted by Crippen LogP contribution is -2.36. The molecule has 0 fully saturated rings. The van der Waals surface area contributed by atoms with Crippen LogP contribution in [-0.2, 0) is 16.0 Å². The third-order valence-electron chi connectivity index (χ3n) is 4.61. The molecule has 29 heavy (non-hydrogen) atoms. The van der Waals surface area contributed by atoms with E-state index in [1.807, 2.05) is 24.3 Å². The third-order valence-corrected chi connectivity index (χ3v) is 4.61. The van der Waals surface area contributed by atoms with Gasteiger partial charge in [-0.3, -0.25) is 4.79 Å². The van der Waals surface area contributed by atoms with Gasteiger partial charge in [0.25, 0.3) is 5.91 Å². The maximum atomic E-state index is 13.4. The second kappa shape index (κ2) is 8.77. The van der Waals surface area contributed by atoms with Crippen LogP contribution in [0.15, 0.2) is 46.9 Å². The molecule has 1 aromatic heterocycles. The number of methoxy groups -OCH3 is 1. The highest BCUT2D eigenvalue weighted by Gasteiger charge is 2.24. The lowest BCUT2D eigenvalue weighted by atomic mass is 10.1. The van der Waals surface area contributed by atoms with E-state index in [1.54, 1.807) is 14.0 Å². The highest BCUT2D eigenvalue weighted by molar-refractivity contribution is 5.97. The summed E-state index contributed by atoms with van der Waals surface area (Å²) in [5.74, 6) is -0.875. The summed E-state index contributed by atoms with van der Waals surface area (Å²) >= 11 is 0. The Kier molecular flexibility index (Phi) is 6.16. The fourth-order valence-electron chi connectivity index (χ4n) is 2.92. The van der Waals surface area contributed by atoms with Crippen LogP contribution in [0.1, 0.15) is 28.6 Å². The quantitative estimate of drug-likeness (QED) is 0.612. The van der Waals surface area contributed by atoms with Crippen LogP contribution in [0.2, 0.25) is 0 Å². The number of amides is 1. The van der Waals surface area contributed by atoms with E-state index < -0.39 is 23.8 Å². The van der Waals surface area contributed by atoms with Crippen molar-refractivity contribution in [1.29, 1.82) is 0 Å². The van der Waals surface area contributed by atoms with Gasteiger partial charge in [0.05, 0.1) is 7.11 Å². The van der Waals surface area contributed by atoms with Gasteiger partial charge in [0.1, 0.15) is 17.1 Å². The number of ether oxygens (including phenoxy) is 2. The van der Waals surface area contributed by atoms with Crippen LogP contribution in [0, 0.1) is 12.7 Å². The smallest absolute Gasteiger partial charge is 0.375 e. The first-order valence-electron chi connectivity index (χ1n) is 9.19. The fraction of sp³-hybridized carbons (Fsp3) is 0.273. The molecule has 0 aliphatic rings. The number of aryl methyl sites for hydroxylation is 1. The van der Waals surface area contributed by atoms with Crippen molar-refractivity contribution in [3.63, 3.8) is 0 Å². The van der Waals surface area contributed by atoms with E-state index in [1.165, 1.54) is 25.1 Å². The topological polar surface area (TPSA) is 77.8 Å². The summed E-state index contributed by atoms with van der Waals surface area (Å²) in [5, 5.41) is 3.23. The number of halogens is 1. The number of furan rings is 1. The molecule has 3 aromatic rings. The molecule has 7 heteroatoms. The molecule has 3 rings (SSSR count). The Labute approximate surface area is 167 Å². The third kappa shape index (κ3) is 4.74. The minimum absolute atomic E-state index is 0.0384. The van der Waals surface area contributed by atoms with E-state index in [0.717, 1.165) is 11.3 Å². The molecule has 0 saturated carbocycles. The zero-order chi connectivity index (χ0) is 21.0. The SMILES string of the molecule is COc1ccc(CCNC(=O)[C@@H](C)OC(=O)c2oc3ccc(F)cc3c2C)cc1. The molecular weight excluding hydrogens is 377 g/mol. The van der Waals surface area contributed by atoms with Gasteiger partial charge >= 0.3 is 5.97 Å². The molecule has 152 valence electrons. The van der Waals surface area contributed by atoms with Gasteiger partial charge in [-0.25, -0.2) is 9.18 Å². The minimum atomic E-state index is -0.997. The predicted octanol–water partition coefficient (Wildman–Crippen LogP) is 3.79. The molecule has 0 aliphatic heterocycles. The van der Waals surface area contributed by atoms with Crippen molar-refractivity contribution in [2.75, 3.05) is 13.7 Å². The number of nitrogens with one attached hydrogen (secondary N) is 1. The molecule has 0 bridgehead atoms. The molecule has 0 unspecified atom stereocenters. The predicted molar refractivity (Wildman–Crippen MR) is 105 cm³/mol. The van der Waals surface area contributed by atoms with Crippen LogP contribution < -0.4 is 10.1 Å². The van der Waals surface area contributed by atoms with Gasteiger partial charge in [-0.15, -0.1) is 0 Å². The Morgan fingerprint density at radius 2 is 1.90 bits per heavy atom. The Balaban J connectivity index is 1.55. The number of hydrogen-bond donors (Lipinski definition) is 1. The van der Waals surface area contributed by atoms with Crippen molar-refractivity contribution < 1.29 is 27.9 Å². The standard InChI is InChI=1S/C22H22FNO5/c1-13-18-12-16(23)6-9-19(18)29-20(13)22(26)28-14(2)21(25)24-11-10-15-4-7-17(27-3)8-5-15/h4-9,12,14H,10-11H2,1-3H3,(H,24,25)/t14-/m1/s1. The molecule has 0 saturated heterocycles. The highest BCUT2D eigenvalue weighted by Crippen LogP contribution is 2.26. The zero-order valence-corrected chi connectivity index (χ0v) is 16.5. The van der Waals surface area contributed by atoms with Crippen LogP contribution >= 0.6 is 0 Å². The van der Waals surface area contributed by atoms with Crippen molar-refractivity contribution in [3.8, 4) is 5.75 Å². The van der Waals surface area contributed by atoms with Crippen LogP contribution in [-0.4, -0.2) is 31.6 Å². The van der Waals surface area contributed by atoms with Crippen LogP contribution in [0.4, 0.5) is 4.39 Å².